The molecule has 0 radical (unpaired) electrons. The molecule has 0 unspecified atom stereocenters. The van der Waals surface area contributed by atoms with Crippen molar-refractivity contribution in [2.24, 2.45) is 5.10 Å². The molecule has 0 saturated carbocycles. The molecule has 0 saturated heterocycles. The van der Waals surface area contributed by atoms with Gasteiger partial charge >= 0.3 is 0 Å². The number of nitrogens with zero attached hydrogens (tertiary/aromatic N) is 1. The first-order chi connectivity index (χ1) is 13.9. The van der Waals surface area contributed by atoms with Crippen molar-refractivity contribution in [3.63, 3.8) is 0 Å². The predicted molar refractivity (Wildman–Crippen MR) is 115 cm³/mol. The Kier molecular flexibility index (Phi) is 6.56. The Morgan fingerprint density at radius 2 is 1.83 bits per heavy atom. The number of nitrogens with one attached hydrogen (secondary N) is 2. The number of hydrogen-bond donors (Lipinski definition) is 2. The number of amides is 2. The average Bonchev–Trinajstić information content (AvgIpc) is 2.70. The number of benzene rings is 2. The monoisotopic (exact) mass is 455 g/mol. The van der Waals surface area contributed by atoms with Crippen molar-refractivity contribution in [3.05, 3.63) is 74.6 Å². The van der Waals surface area contributed by atoms with Crippen molar-refractivity contribution >= 4 is 50.6 Å². The quantitative estimate of drug-likeness (QED) is 0.436. The van der Waals surface area contributed by atoms with E-state index in [1.54, 1.807) is 30.3 Å². The van der Waals surface area contributed by atoms with Gasteiger partial charge in [0.1, 0.15) is 11.8 Å². The molecule has 2 amide bonds. The van der Waals surface area contributed by atoms with Gasteiger partial charge in [0.2, 0.25) is 17.2 Å². The van der Waals surface area contributed by atoms with Gasteiger partial charge in [0.15, 0.2) is 0 Å². The summed E-state index contributed by atoms with van der Waals surface area (Å²) in [7, 11) is 0. The van der Waals surface area contributed by atoms with E-state index in [4.69, 9.17) is 4.42 Å². The molecule has 1 aromatic heterocycles. The van der Waals surface area contributed by atoms with Gasteiger partial charge in [-0.05, 0) is 37.3 Å². The van der Waals surface area contributed by atoms with Crippen molar-refractivity contribution in [3.8, 4) is 0 Å². The summed E-state index contributed by atoms with van der Waals surface area (Å²) >= 11 is 3.31. The minimum atomic E-state index is -0.437. The summed E-state index contributed by atoms with van der Waals surface area (Å²) in [6.45, 7) is 1.96. The van der Waals surface area contributed by atoms with E-state index in [2.05, 4.69) is 31.8 Å². The third kappa shape index (κ3) is 5.61. The fraction of sp³-hybridized carbons (Fsp3) is 0.143. The first-order valence-electron chi connectivity index (χ1n) is 8.82. The van der Waals surface area contributed by atoms with Crippen LogP contribution in [0.3, 0.4) is 0 Å². The Morgan fingerprint density at radius 1 is 1.10 bits per heavy atom. The maximum absolute atomic E-state index is 12.4. The van der Waals surface area contributed by atoms with Gasteiger partial charge in [-0.2, -0.15) is 5.10 Å². The van der Waals surface area contributed by atoms with Crippen LogP contribution in [0.15, 0.2) is 67.5 Å². The van der Waals surface area contributed by atoms with Gasteiger partial charge in [0.05, 0.1) is 17.2 Å². The molecule has 3 aromatic rings. The summed E-state index contributed by atoms with van der Waals surface area (Å²) < 4.78 is 6.15. The van der Waals surface area contributed by atoms with Crippen LogP contribution in [0, 0.1) is 6.92 Å². The highest BCUT2D eigenvalue weighted by atomic mass is 79.9. The number of hydrogen-bond acceptors (Lipinski definition) is 5. The van der Waals surface area contributed by atoms with Gasteiger partial charge in [-0.25, -0.2) is 5.43 Å². The molecular formula is C21H18BrN3O4. The number of aryl methyl sites for hydroxylation is 1. The van der Waals surface area contributed by atoms with E-state index in [1.807, 2.05) is 19.1 Å². The SMILES string of the molecule is Cc1ccc(NC(=O)CCC(=O)N/N=C\c2coc3ccc(Br)cc3c2=O)cc1. The molecule has 0 fully saturated rings. The van der Waals surface area contributed by atoms with Gasteiger partial charge in [0.25, 0.3) is 0 Å². The van der Waals surface area contributed by atoms with Gasteiger partial charge in [-0.3, -0.25) is 14.4 Å². The van der Waals surface area contributed by atoms with Crippen LogP contribution in [-0.4, -0.2) is 18.0 Å². The van der Waals surface area contributed by atoms with Crippen molar-refractivity contribution in [1.29, 1.82) is 0 Å². The second kappa shape index (κ2) is 9.29. The highest BCUT2D eigenvalue weighted by molar-refractivity contribution is 9.10. The molecular weight excluding hydrogens is 438 g/mol. The highest BCUT2D eigenvalue weighted by Crippen LogP contribution is 2.17. The summed E-state index contributed by atoms with van der Waals surface area (Å²) in [5, 5.41) is 6.90. The second-order valence-electron chi connectivity index (χ2n) is 6.37. The van der Waals surface area contributed by atoms with E-state index in [1.165, 1.54) is 12.5 Å². The molecule has 29 heavy (non-hydrogen) atoms. The van der Waals surface area contributed by atoms with Crippen LogP contribution >= 0.6 is 15.9 Å². The maximum Gasteiger partial charge on any atom is 0.240 e. The Balaban J connectivity index is 1.52. The molecule has 0 aliphatic heterocycles. The maximum atomic E-state index is 12.4. The third-order valence-corrected chi connectivity index (χ3v) is 4.56. The van der Waals surface area contributed by atoms with E-state index in [9.17, 15) is 14.4 Å². The summed E-state index contributed by atoms with van der Waals surface area (Å²) in [5.74, 6) is -0.707. The molecule has 1 heterocycles. The minimum absolute atomic E-state index is 0.0152. The highest BCUT2D eigenvalue weighted by Gasteiger charge is 2.08. The summed E-state index contributed by atoms with van der Waals surface area (Å²) in [6.07, 6.45) is 2.48. The van der Waals surface area contributed by atoms with Crippen molar-refractivity contribution in [2.45, 2.75) is 19.8 Å². The van der Waals surface area contributed by atoms with Crippen LogP contribution in [0.4, 0.5) is 5.69 Å². The number of halogens is 1. The molecule has 2 aromatic carbocycles. The fourth-order valence-electron chi connectivity index (χ4n) is 2.52. The zero-order chi connectivity index (χ0) is 20.8. The van der Waals surface area contributed by atoms with Gasteiger partial charge < -0.3 is 9.73 Å². The van der Waals surface area contributed by atoms with Crippen LogP contribution in [0.25, 0.3) is 11.0 Å². The average molecular weight is 456 g/mol. The molecule has 7 nitrogen and oxygen atoms in total. The Morgan fingerprint density at radius 3 is 2.59 bits per heavy atom. The summed E-state index contributed by atoms with van der Waals surface area (Å²) in [4.78, 5) is 36.2. The molecule has 8 heteroatoms. The zero-order valence-electron chi connectivity index (χ0n) is 15.6. The third-order valence-electron chi connectivity index (χ3n) is 4.07. The van der Waals surface area contributed by atoms with Crippen molar-refractivity contribution in [2.75, 3.05) is 5.32 Å². The van der Waals surface area contributed by atoms with Gasteiger partial charge in [-0.1, -0.05) is 33.6 Å². The summed E-state index contributed by atoms with van der Waals surface area (Å²) in [5.41, 5.74) is 4.47. The molecule has 148 valence electrons. The lowest BCUT2D eigenvalue weighted by Gasteiger charge is -2.05. The Bertz CT molecular complexity index is 1140. The van der Waals surface area contributed by atoms with E-state index < -0.39 is 5.91 Å². The number of anilines is 1. The van der Waals surface area contributed by atoms with Gasteiger partial charge in [0, 0.05) is 23.0 Å². The number of fused-ring (bicyclic) bond motifs is 1. The Labute approximate surface area is 174 Å². The first kappa shape index (κ1) is 20.5. The molecule has 0 bridgehead atoms. The van der Waals surface area contributed by atoms with Crippen molar-refractivity contribution in [1.82, 2.24) is 5.43 Å². The number of rotatable bonds is 6. The lowest BCUT2D eigenvalue weighted by atomic mass is 10.2. The van der Waals surface area contributed by atoms with Crippen LogP contribution in [0.5, 0.6) is 0 Å². The van der Waals surface area contributed by atoms with Crippen LogP contribution in [0.1, 0.15) is 24.0 Å². The predicted octanol–water partition coefficient (Wildman–Crippen LogP) is 3.73. The fourth-order valence-corrected chi connectivity index (χ4v) is 2.89. The molecule has 0 spiro atoms. The number of carbonyl (C=O) groups is 2. The number of carbonyl (C=O) groups excluding carboxylic acids is 2. The smallest absolute Gasteiger partial charge is 0.240 e. The Hall–Kier alpha value is -3.26. The van der Waals surface area contributed by atoms with Crippen molar-refractivity contribution < 1.29 is 14.0 Å². The van der Waals surface area contributed by atoms with Crippen LogP contribution in [0.2, 0.25) is 0 Å². The zero-order valence-corrected chi connectivity index (χ0v) is 17.2. The molecule has 3 rings (SSSR count). The number of hydrazone groups is 1. The lowest BCUT2D eigenvalue weighted by molar-refractivity contribution is -0.124. The molecule has 0 atom stereocenters. The standard InChI is InChI=1S/C21H18BrN3O4/c1-13-2-5-16(6-3-13)24-19(26)8-9-20(27)25-23-11-14-12-29-18-7-4-15(22)10-17(18)21(14)28/h2-7,10-12H,8-9H2,1H3,(H,24,26)(H,25,27)/b23-11-. The second-order valence-corrected chi connectivity index (χ2v) is 7.28. The van der Waals surface area contributed by atoms with Gasteiger partial charge in [-0.15, -0.1) is 0 Å². The molecule has 0 aliphatic carbocycles. The van der Waals surface area contributed by atoms with Crippen LogP contribution < -0.4 is 16.2 Å². The van der Waals surface area contributed by atoms with E-state index >= 15 is 0 Å². The van der Waals surface area contributed by atoms with E-state index in [-0.39, 0.29) is 29.7 Å². The molecule has 0 aliphatic rings. The summed E-state index contributed by atoms with van der Waals surface area (Å²) in [6, 6.07) is 12.5. The lowest BCUT2D eigenvalue weighted by Crippen LogP contribution is -2.21. The van der Waals surface area contributed by atoms with E-state index in [0.29, 0.717) is 16.7 Å². The van der Waals surface area contributed by atoms with E-state index in [0.717, 1.165) is 10.0 Å². The topological polar surface area (TPSA) is 101 Å². The largest absolute Gasteiger partial charge is 0.463 e. The molecule has 2 N–H and O–H groups in total. The minimum Gasteiger partial charge on any atom is -0.463 e. The first-order valence-corrected chi connectivity index (χ1v) is 9.61. The van der Waals surface area contributed by atoms with Crippen LogP contribution in [-0.2, 0) is 9.59 Å². The normalized spacial score (nSPS) is 11.0.